The van der Waals surface area contributed by atoms with Crippen LogP contribution in [-0.4, -0.2) is 39.8 Å². The summed E-state index contributed by atoms with van der Waals surface area (Å²) in [5, 5.41) is 3.50. The Morgan fingerprint density at radius 3 is 2.46 bits per heavy atom. The summed E-state index contributed by atoms with van der Waals surface area (Å²) in [5.74, 6) is -0.390. The Hall–Kier alpha value is -3.13. The number of hydrogen-bond donors (Lipinski definition) is 1. The topological polar surface area (TPSA) is 90.3 Å². The van der Waals surface area contributed by atoms with Gasteiger partial charge in [0.05, 0.1) is 28.8 Å². The van der Waals surface area contributed by atoms with Crippen molar-refractivity contribution in [1.82, 2.24) is 14.9 Å². The Bertz CT molecular complexity index is 1240. The Balaban J connectivity index is 1.80. The summed E-state index contributed by atoms with van der Waals surface area (Å²) in [4.78, 5) is 42.8. The summed E-state index contributed by atoms with van der Waals surface area (Å²) in [5.41, 5.74) is 1.78. The van der Waals surface area contributed by atoms with Gasteiger partial charge in [-0.25, -0.2) is 9.78 Å². The number of rotatable bonds is 10. The minimum absolute atomic E-state index is 0.00999. The van der Waals surface area contributed by atoms with Gasteiger partial charge in [-0.2, -0.15) is 0 Å². The van der Waals surface area contributed by atoms with Gasteiger partial charge in [0.2, 0.25) is 5.91 Å². The maximum absolute atomic E-state index is 13.3. The molecule has 0 spiro atoms. The molecule has 0 aliphatic rings. The molecule has 3 rings (SSSR count). The van der Waals surface area contributed by atoms with Crippen LogP contribution in [-0.2, 0) is 22.5 Å². The summed E-state index contributed by atoms with van der Waals surface area (Å²) in [6.45, 7) is 8.33. The molecule has 0 bridgehead atoms. The molecule has 7 nitrogen and oxygen atoms in total. The van der Waals surface area contributed by atoms with Crippen LogP contribution in [0.3, 0.4) is 0 Å². The van der Waals surface area contributed by atoms with Crippen LogP contribution < -0.4 is 10.9 Å². The molecular weight excluding hydrogens is 462 g/mol. The molecular formula is C27H33N3O4S. The second-order valence-electron chi connectivity index (χ2n) is 9.12. The maximum Gasteiger partial charge on any atom is 0.337 e. The van der Waals surface area contributed by atoms with Crippen molar-refractivity contribution in [2.45, 2.75) is 63.5 Å². The Kier molecular flexibility index (Phi) is 9.09. The van der Waals surface area contributed by atoms with Crippen molar-refractivity contribution in [3.63, 3.8) is 0 Å². The molecule has 1 aromatic heterocycles. The van der Waals surface area contributed by atoms with Crippen LogP contribution in [0.25, 0.3) is 10.9 Å². The number of amides is 1. The van der Waals surface area contributed by atoms with Gasteiger partial charge in [0, 0.05) is 12.6 Å². The first-order valence-electron chi connectivity index (χ1n) is 11.8. The van der Waals surface area contributed by atoms with E-state index in [0.29, 0.717) is 28.2 Å². The fourth-order valence-corrected chi connectivity index (χ4v) is 4.66. The molecule has 8 heteroatoms. The van der Waals surface area contributed by atoms with Crippen molar-refractivity contribution in [1.29, 1.82) is 0 Å². The van der Waals surface area contributed by atoms with E-state index in [4.69, 9.17) is 4.74 Å². The van der Waals surface area contributed by atoms with Crippen LogP contribution in [0.1, 0.15) is 50.0 Å². The van der Waals surface area contributed by atoms with Crippen LogP contribution in [0.4, 0.5) is 0 Å². The zero-order chi connectivity index (χ0) is 25.5. The Labute approximate surface area is 210 Å². The number of methoxy groups -OCH3 is 1. The van der Waals surface area contributed by atoms with E-state index in [-0.39, 0.29) is 23.4 Å². The van der Waals surface area contributed by atoms with Gasteiger partial charge in [0.15, 0.2) is 5.16 Å². The highest BCUT2D eigenvalue weighted by atomic mass is 32.2. The fraction of sp³-hybridized carbons (Fsp3) is 0.407. The largest absolute Gasteiger partial charge is 0.465 e. The smallest absolute Gasteiger partial charge is 0.337 e. The molecule has 186 valence electrons. The molecule has 0 radical (unpaired) electrons. The number of esters is 1. The van der Waals surface area contributed by atoms with E-state index in [9.17, 15) is 14.4 Å². The van der Waals surface area contributed by atoms with Crippen LogP contribution in [0.2, 0.25) is 0 Å². The summed E-state index contributed by atoms with van der Waals surface area (Å²) in [6.07, 6.45) is 1.71. The lowest BCUT2D eigenvalue weighted by Crippen LogP contribution is -2.38. The lowest BCUT2D eigenvalue weighted by Gasteiger charge is -2.20. The number of hydrogen-bond acceptors (Lipinski definition) is 6. The van der Waals surface area contributed by atoms with Crippen LogP contribution in [0, 0.1) is 5.92 Å². The second-order valence-corrected chi connectivity index (χ2v) is 10.4. The molecule has 2 aromatic carbocycles. The number of benzene rings is 2. The van der Waals surface area contributed by atoms with Gasteiger partial charge in [-0.15, -0.1) is 0 Å². The number of carbonyl (C=O) groups is 2. The number of aryl methyl sites for hydroxylation is 1. The highest BCUT2D eigenvalue weighted by Gasteiger charge is 2.21. The SMILES string of the molecule is COC(=O)c1ccc2c(=O)n(CC(C)C)c(S[C@H](C)C(=O)N[C@H](C)CCc3ccccc3)nc2c1. The van der Waals surface area contributed by atoms with Crippen molar-refractivity contribution in [3.05, 3.63) is 70.0 Å². The number of nitrogens with zero attached hydrogens (tertiary/aromatic N) is 2. The molecule has 3 aromatic rings. The first-order valence-corrected chi connectivity index (χ1v) is 12.7. The van der Waals surface area contributed by atoms with Gasteiger partial charge in [-0.1, -0.05) is 55.9 Å². The standard InChI is InChI=1S/C27H33N3O4S/c1-17(2)16-30-25(32)22-14-13-21(26(33)34-5)15-23(22)29-27(30)35-19(4)24(31)28-18(3)11-12-20-9-7-6-8-10-20/h6-10,13-15,17-19H,11-12,16H2,1-5H3,(H,28,31)/t18-,19-/m1/s1. The number of carbonyl (C=O) groups excluding carboxylic acids is 2. The molecule has 0 saturated heterocycles. The van der Waals surface area contributed by atoms with Crippen molar-refractivity contribution in [3.8, 4) is 0 Å². The molecule has 0 saturated carbocycles. The van der Waals surface area contributed by atoms with E-state index in [1.165, 1.54) is 24.4 Å². The lowest BCUT2D eigenvalue weighted by atomic mass is 10.1. The van der Waals surface area contributed by atoms with E-state index in [1.54, 1.807) is 22.8 Å². The third-order valence-corrected chi connectivity index (χ3v) is 6.73. The first-order chi connectivity index (χ1) is 16.7. The third kappa shape index (κ3) is 6.94. The monoisotopic (exact) mass is 495 g/mol. The average molecular weight is 496 g/mol. The van der Waals surface area contributed by atoms with Crippen LogP contribution >= 0.6 is 11.8 Å². The van der Waals surface area contributed by atoms with Crippen molar-refractivity contribution in [2.75, 3.05) is 7.11 Å². The number of nitrogens with one attached hydrogen (secondary N) is 1. The van der Waals surface area contributed by atoms with Crippen LogP contribution in [0.5, 0.6) is 0 Å². The predicted molar refractivity (Wildman–Crippen MR) is 140 cm³/mol. The third-order valence-electron chi connectivity index (χ3n) is 5.64. The summed E-state index contributed by atoms with van der Waals surface area (Å²) >= 11 is 1.25. The van der Waals surface area contributed by atoms with E-state index in [1.807, 2.05) is 45.9 Å². The normalized spacial score (nSPS) is 13.0. The highest BCUT2D eigenvalue weighted by molar-refractivity contribution is 8.00. The minimum Gasteiger partial charge on any atom is -0.465 e. The van der Waals surface area contributed by atoms with E-state index in [2.05, 4.69) is 22.4 Å². The quantitative estimate of drug-likeness (QED) is 0.254. The van der Waals surface area contributed by atoms with Gasteiger partial charge in [0.1, 0.15) is 0 Å². The van der Waals surface area contributed by atoms with E-state index >= 15 is 0 Å². The average Bonchev–Trinajstić information content (AvgIpc) is 2.84. The van der Waals surface area contributed by atoms with Crippen molar-refractivity contribution in [2.24, 2.45) is 5.92 Å². The highest BCUT2D eigenvalue weighted by Crippen LogP contribution is 2.24. The minimum atomic E-state index is -0.494. The van der Waals surface area contributed by atoms with Crippen molar-refractivity contribution >= 4 is 34.5 Å². The molecule has 2 atom stereocenters. The predicted octanol–water partition coefficient (Wildman–Crippen LogP) is 4.46. The molecule has 0 fully saturated rings. The van der Waals surface area contributed by atoms with Gasteiger partial charge in [-0.3, -0.25) is 14.2 Å². The number of aromatic nitrogens is 2. The molecule has 0 unspecified atom stereocenters. The zero-order valence-corrected chi connectivity index (χ0v) is 21.7. The van der Waals surface area contributed by atoms with Gasteiger partial charge in [0.25, 0.3) is 5.56 Å². The summed E-state index contributed by atoms with van der Waals surface area (Å²) in [6, 6.07) is 14.9. The zero-order valence-electron chi connectivity index (χ0n) is 20.9. The van der Waals surface area contributed by atoms with E-state index in [0.717, 1.165) is 12.8 Å². The first kappa shape index (κ1) is 26.5. The summed E-state index contributed by atoms with van der Waals surface area (Å²) < 4.78 is 6.42. The van der Waals surface area contributed by atoms with Crippen LogP contribution in [0.15, 0.2) is 58.5 Å². The number of ether oxygens (including phenoxy) is 1. The van der Waals surface area contributed by atoms with E-state index < -0.39 is 11.2 Å². The van der Waals surface area contributed by atoms with Gasteiger partial charge >= 0.3 is 5.97 Å². The molecule has 0 aliphatic heterocycles. The Morgan fingerprint density at radius 1 is 1.09 bits per heavy atom. The fourth-order valence-electron chi connectivity index (χ4n) is 3.73. The molecule has 1 N–H and O–H groups in total. The van der Waals surface area contributed by atoms with Gasteiger partial charge in [-0.05, 0) is 56.4 Å². The number of fused-ring (bicyclic) bond motifs is 1. The molecule has 35 heavy (non-hydrogen) atoms. The van der Waals surface area contributed by atoms with Gasteiger partial charge < -0.3 is 10.1 Å². The molecule has 1 heterocycles. The lowest BCUT2D eigenvalue weighted by molar-refractivity contribution is -0.120. The molecule has 0 aliphatic carbocycles. The number of thioether (sulfide) groups is 1. The summed E-state index contributed by atoms with van der Waals surface area (Å²) in [7, 11) is 1.31. The maximum atomic E-state index is 13.3. The Morgan fingerprint density at radius 2 is 1.80 bits per heavy atom. The van der Waals surface area contributed by atoms with Crippen molar-refractivity contribution < 1.29 is 14.3 Å². The molecule has 1 amide bonds. The second kappa shape index (κ2) is 12.0.